The van der Waals surface area contributed by atoms with Crippen LogP contribution in [0.25, 0.3) is 0 Å². The van der Waals surface area contributed by atoms with Gasteiger partial charge in [0.1, 0.15) is 5.75 Å². The number of anilines is 1. The Labute approximate surface area is 146 Å². The van der Waals surface area contributed by atoms with Crippen LogP contribution in [-0.2, 0) is 11.4 Å². The van der Waals surface area contributed by atoms with Crippen LogP contribution in [0.4, 0.5) is 5.69 Å². The molecule has 0 aromatic heterocycles. The second kappa shape index (κ2) is 6.03. The molecule has 1 heterocycles. The molecule has 0 spiro atoms. The third-order valence-electron chi connectivity index (χ3n) is 4.59. The molecule has 0 bridgehead atoms. The Kier molecular flexibility index (Phi) is 4.16. The SMILES string of the molecule is CCC1(N)NC(N)(c2ccccc2OC)Nc2ccc(C(=O)O)cc21. The van der Waals surface area contributed by atoms with Crippen LogP contribution < -0.4 is 26.8 Å². The molecule has 0 saturated heterocycles. The van der Waals surface area contributed by atoms with Gasteiger partial charge in [-0.15, -0.1) is 0 Å². The van der Waals surface area contributed by atoms with E-state index in [0.29, 0.717) is 29.0 Å². The fraction of sp³-hybridized carbons (Fsp3) is 0.278. The normalized spacial score (nSPS) is 25.0. The number of ether oxygens (including phenoxy) is 1. The first kappa shape index (κ1) is 17.2. The number of carboxylic acids is 1. The number of nitrogens with one attached hydrogen (secondary N) is 2. The molecule has 1 aliphatic heterocycles. The van der Waals surface area contributed by atoms with E-state index >= 15 is 0 Å². The molecular formula is C18H22N4O3. The van der Waals surface area contributed by atoms with Crippen LogP contribution in [0.3, 0.4) is 0 Å². The van der Waals surface area contributed by atoms with E-state index in [0.717, 1.165) is 0 Å². The van der Waals surface area contributed by atoms with Gasteiger partial charge in [0.05, 0.1) is 18.3 Å². The van der Waals surface area contributed by atoms with Crippen LogP contribution in [0, 0.1) is 0 Å². The molecule has 25 heavy (non-hydrogen) atoms. The van der Waals surface area contributed by atoms with Gasteiger partial charge in [0.25, 0.3) is 0 Å². The molecule has 132 valence electrons. The van der Waals surface area contributed by atoms with Crippen LogP contribution in [0.2, 0.25) is 0 Å². The lowest BCUT2D eigenvalue weighted by molar-refractivity contribution is 0.0696. The Hall–Kier alpha value is -2.61. The summed E-state index contributed by atoms with van der Waals surface area (Å²) in [6.07, 6.45) is 0.513. The zero-order valence-corrected chi connectivity index (χ0v) is 14.2. The third kappa shape index (κ3) is 2.82. The molecule has 0 fully saturated rings. The number of carbonyl (C=O) groups is 1. The monoisotopic (exact) mass is 342 g/mol. The molecule has 2 aromatic rings. The number of aromatic carboxylic acids is 1. The Morgan fingerprint density at radius 3 is 2.56 bits per heavy atom. The maximum atomic E-state index is 11.3. The predicted molar refractivity (Wildman–Crippen MR) is 95.2 cm³/mol. The Bertz CT molecular complexity index is 826. The quantitative estimate of drug-likeness (QED) is 0.573. The standard InChI is InChI=1S/C18H22N4O3/c1-3-17(19)13-10-11(16(23)24)8-9-14(13)21-18(20,22-17)12-6-4-5-7-15(12)25-2/h4-10,21-22H,3,19-20H2,1-2H3,(H,23,24). The summed E-state index contributed by atoms with van der Waals surface area (Å²) in [7, 11) is 1.58. The summed E-state index contributed by atoms with van der Waals surface area (Å²) in [5.74, 6) is -1.56. The molecule has 0 aliphatic carbocycles. The lowest BCUT2D eigenvalue weighted by Gasteiger charge is -2.47. The Balaban J connectivity index is 2.15. The van der Waals surface area contributed by atoms with E-state index < -0.39 is 17.4 Å². The summed E-state index contributed by atoms with van der Waals surface area (Å²) in [6.45, 7) is 1.91. The minimum atomic E-state index is -1.17. The fourth-order valence-electron chi connectivity index (χ4n) is 3.20. The van der Waals surface area contributed by atoms with E-state index in [1.807, 2.05) is 31.2 Å². The number of carboxylic acid groups (broad SMARTS) is 1. The van der Waals surface area contributed by atoms with Gasteiger partial charge in [-0.05, 0) is 30.7 Å². The van der Waals surface area contributed by atoms with Gasteiger partial charge < -0.3 is 20.9 Å². The van der Waals surface area contributed by atoms with Crippen molar-refractivity contribution in [2.45, 2.75) is 24.8 Å². The average Bonchev–Trinajstić information content (AvgIpc) is 2.61. The number of nitrogens with two attached hydrogens (primary N) is 2. The zero-order valence-electron chi connectivity index (χ0n) is 14.2. The second-order valence-corrected chi connectivity index (χ2v) is 6.15. The highest BCUT2D eigenvalue weighted by atomic mass is 16.5. The summed E-state index contributed by atoms with van der Waals surface area (Å²) in [6, 6.07) is 12.2. The Morgan fingerprint density at radius 2 is 1.92 bits per heavy atom. The summed E-state index contributed by atoms with van der Waals surface area (Å²) >= 11 is 0. The number of hydrogen-bond donors (Lipinski definition) is 5. The van der Waals surface area contributed by atoms with Crippen LogP contribution >= 0.6 is 0 Å². The summed E-state index contributed by atoms with van der Waals surface area (Å²) in [5, 5.41) is 15.7. The van der Waals surface area contributed by atoms with E-state index in [1.165, 1.54) is 6.07 Å². The van der Waals surface area contributed by atoms with Gasteiger partial charge in [-0.3, -0.25) is 11.1 Å². The summed E-state index contributed by atoms with van der Waals surface area (Å²) in [5.41, 5.74) is 14.4. The first-order valence-corrected chi connectivity index (χ1v) is 7.99. The van der Waals surface area contributed by atoms with E-state index in [2.05, 4.69) is 10.6 Å². The van der Waals surface area contributed by atoms with Gasteiger partial charge in [-0.25, -0.2) is 4.79 Å². The lowest BCUT2D eigenvalue weighted by atomic mass is 9.88. The molecule has 1 aliphatic rings. The molecule has 7 N–H and O–H groups in total. The van der Waals surface area contributed by atoms with Crippen molar-refractivity contribution in [3.63, 3.8) is 0 Å². The highest BCUT2D eigenvalue weighted by Gasteiger charge is 2.44. The first-order valence-electron chi connectivity index (χ1n) is 7.99. The van der Waals surface area contributed by atoms with Crippen LogP contribution in [0.15, 0.2) is 42.5 Å². The Morgan fingerprint density at radius 1 is 1.20 bits per heavy atom. The van der Waals surface area contributed by atoms with Crippen LogP contribution in [0.5, 0.6) is 5.75 Å². The van der Waals surface area contributed by atoms with E-state index in [1.54, 1.807) is 19.2 Å². The fourth-order valence-corrected chi connectivity index (χ4v) is 3.20. The van der Waals surface area contributed by atoms with Crippen molar-refractivity contribution >= 4 is 11.7 Å². The largest absolute Gasteiger partial charge is 0.496 e. The molecule has 2 atom stereocenters. The molecule has 0 amide bonds. The van der Waals surface area contributed by atoms with Crippen molar-refractivity contribution in [3.8, 4) is 5.75 Å². The number of benzene rings is 2. The maximum absolute atomic E-state index is 11.3. The molecule has 2 aromatic carbocycles. The smallest absolute Gasteiger partial charge is 0.335 e. The van der Waals surface area contributed by atoms with Gasteiger partial charge in [0, 0.05) is 16.8 Å². The van der Waals surface area contributed by atoms with Crippen molar-refractivity contribution in [2.75, 3.05) is 12.4 Å². The first-order chi connectivity index (χ1) is 11.8. The molecule has 7 nitrogen and oxygen atoms in total. The van der Waals surface area contributed by atoms with Crippen LogP contribution in [0.1, 0.15) is 34.8 Å². The highest BCUT2D eigenvalue weighted by Crippen LogP contribution is 2.39. The highest BCUT2D eigenvalue weighted by molar-refractivity contribution is 5.89. The van der Waals surface area contributed by atoms with E-state index in [-0.39, 0.29) is 5.56 Å². The molecule has 7 heteroatoms. The van der Waals surface area contributed by atoms with E-state index in [9.17, 15) is 9.90 Å². The van der Waals surface area contributed by atoms with Crippen molar-refractivity contribution in [2.24, 2.45) is 11.5 Å². The zero-order chi connectivity index (χ0) is 18.2. The third-order valence-corrected chi connectivity index (χ3v) is 4.59. The molecular weight excluding hydrogens is 320 g/mol. The average molecular weight is 342 g/mol. The van der Waals surface area contributed by atoms with Gasteiger partial charge >= 0.3 is 5.97 Å². The minimum absolute atomic E-state index is 0.174. The molecule has 2 unspecified atom stereocenters. The summed E-state index contributed by atoms with van der Waals surface area (Å²) in [4.78, 5) is 11.3. The molecule has 3 rings (SSSR count). The van der Waals surface area contributed by atoms with Crippen molar-refractivity contribution in [3.05, 3.63) is 59.2 Å². The van der Waals surface area contributed by atoms with Crippen molar-refractivity contribution in [1.82, 2.24) is 5.32 Å². The van der Waals surface area contributed by atoms with Crippen molar-refractivity contribution in [1.29, 1.82) is 0 Å². The van der Waals surface area contributed by atoms with Gasteiger partial charge in [-0.1, -0.05) is 25.1 Å². The minimum Gasteiger partial charge on any atom is -0.496 e. The maximum Gasteiger partial charge on any atom is 0.335 e. The number of hydrogen-bond acceptors (Lipinski definition) is 6. The van der Waals surface area contributed by atoms with Gasteiger partial charge in [0.15, 0.2) is 5.79 Å². The second-order valence-electron chi connectivity index (χ2n) is 6.15. The number of fused-ring (bicyclic) bond motifs is 1. The number of rotatable bonds is 4. The predicted octanol–water partition coefficient (Wildman–Crippen LogP) is 1.70. The van der Waals surface area contributed by atoms with Crippen LogP contribution in [-0.4, -0.2) is 18.2 Å². The molecule has 0 saturated carbocycles. The lowest BCUT2D eigenvalue weighted by Crippen LogP contribution is -2.69. The molecule has 0 radical (unpaired) electrons. The topological polar surface area (TPSA) is 123 Å². The van der Waals surface area contributed by atoms with Gasteiger partial charge in [0.2, 0.25) is 0 Å². The summed E-state index contributed by atoms with van der Waals surface area (Å²) < 4.78 is 5.43. The number of para-hydroxylation sites is 1. The van der Waals surface area contributed by atoms with Gasteiger partial charge in [-0.2, -0.15) is 0 Å². The number of methoxy groups -OCH3 is 1. The van der Waals surface area contributed by atoms with Crippen molar-refractivity contribution < 1.29 is 14.6 Å². The van der Waals surface area contributed by atoms with E-state index in [4.69, 9.17) is 16.2 Å².